The van der Waals surface area contributed by atoms with E-state index < -0.39 is 17.3 Å². The van der Waals surface area contributed by atoms with Crippen molar-refractivity contribution in [2.45, 2.75) is 43.9 Å². The van der Waals surface area contributed by atoms with Gasteiger partial charge in [0.15, 0.2) is 0 Å². The molecule has 5 heteroatoms. The van der Waals surface area contributed by atoms with Gasteiger partial charge in [-0.3, -0.25) is 4.79 Å². The van der Waals surface area contributed by atoms with Crippen molar-refractivity contribution in [1.82, 2.24) is 0 Å². The smallest absolute Gasteiger partial charge is 0.390 e. The Bertz CT molecular complexity index is 453. The summed E-state index contributed by atoms with van der Waals surface area (Å²) in [7, 11) is 0. The largest absolute Gasteiger partial charge is 0.416 e. The van der Waals surface area contributed by atoms with Crippen molar-refractivity contribution in [2.24, 2.45) is 0 Å². The second-order valence-corrected chi connectivity index (χ2v) is 5.13. The van der Waals surface area contributed by atoms with E-state index in [4.69, 9.17) is 0 Å². The fourth-order valence-corrected chi connectivity index (χ4v) is 2.36. The number of Topliss-reactive ketones (excluding diaryl/α,β-unsaturated/α-hetero) is 1. The highest BCUT2D eigenvalue weighted by Crippen LogP contribution is 2.32. The van der Waals surface area contributed by atoms with Crippen LogP contribution in [0.3, 0.4) is 0 Å². The summed E-state index contributed by atoms with van der Waals surface area (Å²) in [4.78, 5) is 11.1. The Balaban J connectivity index is 2.05. The topological polar surface area (TPSA) is 37.3 Å². The zero-order chi connectivity index (χ0) is 14.1. The Kier molecular flexibility index (Phi) is 3.67. The molecule has 104 valence electrons. The molecule has 1 aliphatic carbocycles. The monoisotopic (exact) mass is 272 g/mol. The Hall–Kier alpha value is -1.36. The minimum atomic E-state index is -4.34. The first-order valence-electron chi connectivity index (χ1n) is 6.19. The quantitative estimate of drug-likeness (QED) is 0.898. The van der Waals surface area contributed by atoms with Gasteiger partial charge in [0.1, 0.15) is 5.78 Å². The van der Waals surface area contributed by atoms with Crippen molar-refractivity contribution in [3.05, 3.63) is 35.4 Å². The van der Waals surface area contributed by atoms with Crippen LogP contribution < -0.4 is 0 Å². The molecular weight excluding hydrogens is 257 g/mol. The molecule has 0 spiro atoms. The van der Waals surface area contributed by atoms with E-state index in [9.17, 15) is 23.1 Å². The SMILES string of the molecule is O=C1CCC(O)(Cc2ccc(C(F)(F)F)cc2)CC1. The van der Waals surface area contributed by atoms with Crippen molar-refractivity contribution in [1.29, 1.82) is 0 Å². The zero-order valence-electron chi connectivity index (χ0n) is 10.3. The minimum absolute atomic E-state index is 0.136. The molecular formula is C14H15F3O2. The van der Waals surface area contributed by atoms with Crippen molar-refractivity contribution in [2.75, 3.05) is 0 Å². The molecule has 1 fully saturated rings. The number of hydrogen-bond donors (Lipinski definition) is 1. The maximum atomic E-state index is 12.4. The van der Waals surface area contributed by atoms with Gasteiger partial charge in [-0.05, 0) is 30.5 Å². The number of halogens is 3. The van der Waals surface area contributed by atoms with Crippen LogP contribution in [0.1, 0.15) is 36.8 Å². The van der Waals surface area contributed by atoms with Gasteiger partial charge < -0.3 is 5.11 Å². The summed E-state index contributed by atoms with van der Waals surface area (Å²) in [6, 6.07) is 4.81. The fraction of sp³-hybridized carbons (Fsp3) is 0.500. The van der Waals surface area contributed by atoms with E-state index in [0.717, 1.165) is 12.1 Å². The molecule has 2 rings (SSSR count). The van der Waals surface area contributed by atoms with Crippen LogP contribution in [-0.4, -0.2) is 16.5 Å². The van der Waals surface area contributed by atoms with Gasteiger partial charge in [-0.2, -0.15) is 13.2 Å². The fourth-order valence-electron chi connectivity index (χ4n) is 2.36. The van der Waals surface area contributed by atoms with E-state index in [1.54, 1.807) is 0 Å². The molecule has 2 nitrogen and oxygen atoms in total. The van der Waals surface area contributed by atoms with Gasteiger partial charge >= 0.3 is 6.18 Å². The predicted molar refractivity (Wildman–Crippen MR) is 63.6 cm³/mol. The maximum Gasteiger partial charge on any atom is 0.416 e. The van der Waals surface area contributed by atoms with E-state index in [1.165, 1.54) is 12.1 Å². The lowest BCUT2D eigenvalue weighted by molar-refractivity contribution is -0.137. The number of ketones is 1. The van der Waals surface area contributed by atoms with E-state index in [0.29, 0.717) is 37.7 Å². The lowest BCUT2D eigenvalue weighted by Crippen LogP contribution is -2.36. The first-order valence-corrected chi connectivity index (χ1v) is 6.19. The molecule has 1 aliphatic rings. The van der Waals surface area contributed by atoms with Crippen molar-refractivity contribution < 1.29 is 23.1 Å². The van der Waals surface area contributed by atoms with Crippen LogP contribution in [0.25, 0.3) is 0 Å². The number of hydrogen-bond acceptors (Lipinski definition) is 2. The van der Waals surface area contributed by atoms with Crippen molar-refractivity contribution >= 4 is 5.78 Å². The van der Waals surface area contributed by atoms with Crippen LogP contribution in [0.4, 0.5) is 13.2 Å². The molecule has 0 saturated heterocycles. The molecule has 1 N–H and O–H groups in total. The maximum absolute atomic E-state index is 12.4. The molecule has 19 heavy (non-hydrogen) atoms. The van der Waals surface area contributed by atoms with Gasteiger partial charge in [-0.15, -0.1) is 0 Å². The number of carbonyl (C=O) groups excluding carboxylic acids is 1. The molecule has 0 atom stereocenters. The third kappa shape index (κ3) is 3.56. The van der Waals surface area contributed by atoms with Crippen LogP contribution in [0, 0.1) is 0 Å². The van der Waals surface area contributed by atoms with Crippen LogP contribution in [-0.2, 0) is 17.4 Å². The number of carbonyl (C=O) groups is 1. The normalized spacial score (nSPS) is 19.5. The molecule has 0 unspecified atom stereocenters. The lowest BCUT2D eigenvalue weighted by Gasteiger charge is -2.31. The molecule has 1 aromatic rings. The van der Waals surface area contributed by atoms with Gasteiger partial charge in [-0.25, -0.2) is 0 Å². The van der Waals surface area contributed by atoms with E-state index in [2.05, 4.69) is 0 Å². The Labute approximate surface area is 109 Å². The summed E-state index contributed by atoms with van der Waals surface area (Å²) in [5.74, 6) is 0.136. The highest BCUT2D eigenvalue weighted by atomic mass is 19.4. The molecule has 0 amide bonds. The Morgan fingerprint density at radius 3 is 2.11 bits per heavy atom. The van der Waals surface area contributed by atoms with Crippen molar-refractivity contribution in [3.8, 4) is 0 Å². The minimum Gasteiger partial charge on any atom is -0.390 e. The highest BCUT2D eigenvalue weighted by Gasteiger charge is 2.33. The summed E-state index contributed by atoms with van der Waals surface area (Å²) in [6.07, 6.45) is -2.60. The first-order chi connectivity index (χ1) is 8.78. The average Bonchev–Trinajstić information content (AvgIpc) is 2.33. The van der Waals surface area contributed by atoms with Gasteiger partial charge in [0, 0.05) is 19.3 Å². The summed E-state index contributed by atoms with van der Waals surface area (Å²) >= 11 is 0. The van der Waals surface area contributed by atoms with Gasteiger partial charge in [0.2, 0.25) is 0 Å². The van der Waals surface area contributed by atoms with Crippen LogP contribution in [0.2, 0.25) is 0 Å². The van der Waals surface area contributed by atoms with Crippen LogP contribution >= 0.6 is 0 Å². The number of rotatable bonds is 2. The number of alkyl halides is 3. The standard InChI is InChI=1S/C14H15F3O2/c15-14(16,17)11-3-1-10(2-4-11)9-13(19)7-5-12(18)6-8-13/h1-4,19H,5-9H2. The van der Waals surface area contributed by atoms with E-state index >= 15 is 0 Å². The lowest BCUT2D eigenvalue weighted by atomic mass is 9.80. The summed E-state index contributed by atoms with van der Waals surface area (Å²) in [5.41, 5.74) is -1.000. The molecule has 1 saturated carbocycles. The molecule has 1 aromatic carbocycles. The summed E-state index contributed by atoms with van der Waals surface area (Å²) in [5, 5.41) is 10.3. The first kappa shape index (κ1) is 14.1. The van der Waals surface area contributed by atoms with Crippen LogP contribution in [0.15, 0.2) is 24.3 Å². The van der Waals surface area contributed by atoms with E-state index in [1.807, 2.05) is 0 Å². The number of benzene rings is 1. The van der Waals surface area contributed by atoms with E-state index in [-0.39, 0.29) is 5.78 Å². The number of aliphatic hydroxyl groups is 1. The second kappa shape index (κ2) is 4.96. The van der Waals surface area contributed by atoms with Gasteiger partial charge in [0.05, 0.1) is 11.2 Å². The van der Waals surface area contributed by atoms with Gasteiger partial charge in [-0.1, -0.05) is 12.1 Å². The predicted octanol–water partition coefficient (Wildman–Crippen LogP) is 3.12. The molecule has 0 heterocycles. The molecule has 0 radical (unpaired) electrons. The third-order valence-electron chi connectivity index (χ3n) is 3.55. The molecule has 0 aromatic heterocycles. The third-order valence-corrected chi connectivity index (χ3v) is 3.55. The average molecular weight is 272 g/mol. The molecule has 0 aliphatic heterocycles. The van der Waals surface area contributed by atoms with Crippen molar-refractivity contribution in [3.63, 3.8) is 0 Å². The van der Waals surface area contributed by atoms with Crippen LogP contribution in [0.5, 0.6) is 0 Å². The van der Waals surface area contributed by atoms with Gasteiger partial charge in [0.25, 0.3) is 0 Å². The molecule has 0 bridgehead atoms. The summed E-state index contributed by atoms with van der Waals surface area (Å²) < 4.78 is 37.2. The summed E-state index contributed by atoms with van der Waals surface area (Å²) in [6.45, 7) is 0. The second-order valence-electron chi connectivity index (χ2n) is 5.13. The Morgan fingerprint density at radius 1 is 1.11 bits per heavy atom. The Morgan fingerprint density at radius 2 is 1.63 bits per heavy atom. The zero-order valence-corrected chi connectivity index (χ0v) is 10.3. The highest BCUT2D eigenvalue weighted by molar-refractivity contribution is 5.79.